The van der Waals surface area contributed by atoms with Crippen LogP contribution in [0.5, 0.6) is 5.75 Å². The number of benzene rings is 1. The summed E-state index contributed by atoms with van der Waals surface area (Å²) in [6, 6.07) is 8.13. The Morgan fingerprint density at radius 3 is 3.20 bits per heavy atom. The lowest BCUT2D eigenvalue weighted by molar-refractivity contribution is 0.414. The number of thioether (sulfide) groups is 1. The summed E-state index contributed by atoms with van der Waals surface area (Å²) in [5.74, 6) is 1.85. The summed E-state index contributed by atoms with van der Waals surface area (Å²) in [5, 5.41) is 4.29. The quantitative estimate of drug-likeness (QED) is 0.848. The van der Waals surface area contributed by atoms with E-state index in [1.807, 2.05) is 12.1 Å². The molecule has 0 saturated carbocycles. The number of methoxy groups -OCH3 is 1. The predicted octanol–water partition coefficient (Wildman–Crippen LogP) is 1.89. The predicted molar refractivity (Wildman–Crippen MR) is 64.6 cm³/mol. The fourth-order valence-electron chi connectivity index (χ4n) is 1.39. The Bertz CT molecular complexity index is 365. The van der Waals surface area contributed by atoms with Crippen LogP contribution >= 0.6 is 11.8 Å². The van der Waals surface area contributed by atoms with Crippen molar-refractivity contribution in [2.45, 2.75) is 5.75 Å². The highest BCUT2D eigenvalue weighted by molar-refractivity contribution is 8.13. The van der Waals surface area contributed by atoms with Gasteiger partial charge >= 0.3 is 0 Å². The second-order valence-electron chi connectivity index (χ2n) is 3.25. The number of amidine groups is 1. The molecule has 0 spiro atoms. The summed E-state index contributed by atoms with van der Waals surface area (Å²) in [6.45, 7) is 1.88. The van der Waals surface area contributed by atoms with Gasteiger partial charge in [-0.3, -0.25) is 4.99 Å². The summed E-state index contributed by atoms with van der Waals surface area (Å²) in [5.41, 5.74) is 1.26. The third-order valence-electron chi connectivity index (χ3n) is 2.15. The van der Waals surface area contributed by atoms with Gasteiger partial charge in [-0.25, -0.2) is 0 Å². The van der Waals surface area contributed by atoms with E-state index < -0.39 is 0 Å². The van der Waals surface area contributed by atoms with Gasteiger partial charge in [0.2, 0.25) is 0 Å². The van der Waals surface area contributed by atoms with Crippen molar-refractivity contribution in [2.24, 2.45) is 4.99 Å². The first-order chi connectivity index (χ1) is 7.38. The molecular weight excluding hydrogens is 208 g/mol. The van der Waals surface area contributed by atoms with E-state index in [0.717, 1.165) is 29.8 Å². The molecule has 1 aromatic rings. The Morgan fingerprint density at radius 2 is 2.47 bits per heavy atom. The Labute approximate surface area is 93.9 Å². The number of hydrogen-bond donors (Lipinski definition) is 1. The van der Waals surface area contributed by atoms with Crippen LogP contribution in [0.15, 0.2) is 29.3 Å². The van der Waals surface area contributed by atoms with Crippen LogP contribution in [-0.4, -0.2) is 25.4 Å². The van der Waals surface area contributed by atoms with Gasteiger partial charge in [-0.15, -0.1) is 0 Å². The molecular formula is C11H14N2OS. The highest BCUT2D eigenvalue weighted by Crippen LogP contribution is 2.18. The maximum absolute atomic E-state index is 5.17. The van der Waals surface area contributed by atoms with Crippen molar-refractivity contribution in [2.75, 3.05) is 20.2 Å². The average Bonchev–Trinajstić information content (AvgIpc) is 2.79. The van der Waals surface area contributed by atoms with E-state index in [9.17, 15) is 0 Å². The molecule has 2 rings (SSSR count). The van der Waals surface area contributed by atoms with Crippen molar-refractivity contribution in [1.29, 1.82) is 0 Å². The molecule has 4 heteroatoms. The van der Waals surface area contributed by atoms with E-state index in [4.69, 9.17) is 4.74 Å². The van der Waals surface area contributed by atoms with Gasteiger partial charge in [0.1, 0.15) is 5.75 Å². The Kier molecular flexibility index (Phi) is 3.50. The van der Waals surface area contributed by atoms with E-state index in [0.29, 0.717) is 0 Å². The molecule has 0 aromatic heterocycles. The molecule has 0 amide bonds. The zero-order chi connectivity index (χ0) is 10.5. The molecule has 0 fully saturated rings. The van der Waals surface area contributed by atoms with Crippen molar-refractivity contribution >= 4 is 16.9 Å². The van der Waals surface area contributed by atoms with E-state index in [-0.39, 0.29) is 0 Å². The van der Waals surface area contributed by atoms with Crippen molar-refractivity contribution in [3.8, 4) is 5.75 Å². The zero-order valence-corrected chi connectivity index (χ0v) is 9.51. The fraction of sp³-hybridized carbons (Fsp3) is 0.364. The van der Waals surface area contributed by atoms with Crippen molar-refractivity contribution in [3.05, 3.63) is 29.8 Å². The second kappa shape index (κ2) is 5.07. The van der Waals surface area contributed by atoms with Gasteiger partial charge in [-0.05, 0) is 17.7 Å². The topological polar surface area (TPSA) is 33.6 Å². The number of rotatable bonds is 3. The first kappa shape index (κ1) is 10.4. The highest BCUT2D eigenvalue weighted by Gasteiger charge is 2.05. The third kappa shape index (κ3) is 2.89. The van der Waals surface area contributed by atoms with Crippen LogP contribution in [0.1, 0.15) is 5.56 Å². The van der Waals surface area contributed by atoms with Crippen LogP contribution in [0.25, 0.3) is 0 Å². The van der Waals surface area contributed by atoms with Crippen molar-refractivity contribution in [3.63, 3.8) is 0 Å². The number of nitrogens with zero attached hydrogens (tertiary/aromatic N) is 1. The van der Waals surface area contributed by atoms with Gasteiger partial charge in [0, 0.05) is 12.3 Å². The lowest BCUT2D eigenvalue weighted by Gasteiger charge is -2.04. The molecule has 1 heterocycles. The molecule has 80 valence electrons. The Hall–Kier alpha value is -1.16. The molecule has 0 saturated heterocycles. The fourth-order valence-corrected chi connectivity index (χ4v) is 2.26. The third-order valence-corrected chi connectivity index (χ3v) is 3.18. The summed E-state index contributed by atoms with van der Waals surface area (Å²) in [4.78, 5) is 4.33. The molecule has 3 nitrogen and oxygen atoms in total. The first-order valence-electron chi connectivity index (χ1n) is 4.92. The van der Waals surface area contributed by atoms with Crippen LogP contribution < -0.4 is 10.1 Å². The maximum Gasteiger partial charge on any atom is 0.157 e. The standard InChI is InChI=1S/C11H14N2OS/c1-14-10-4-2-3-9(7-10)8-15-11-12-5-6-13-11/h2-4,7H,5-6,8H2,1H3,(H,12,13). The lowest BCUT2D eigenvalue weighted by Crippen LogP contribution is -2.14. The SMILES string of the molecule is COc1cccc(CSC2=NCCN2)c1. The monoisotopic (exact) mass is 222 g/mol. The number of hydrogen-bond acceptors (Lipinski definition) is 4. The molecule has 1 aromatic carbocycles. The molecule has 0 unspecified atom stereocenters. The van der Waals surface area contributed by atoms with Crippen molar-refractivity contribution in [1.82, 2.24) is 5.32 Å². The molecule has 0 aliphatic carbocycles. The van der Waals surface area contributed by atoms with Crippen LogP contribution in [0.4, 0.5) is 0 Å². The van der Waals surface area contributed by atoms with E-state index in [2.05, 4.69) is 22.4 Å². The Morgan fingerprint density at radius 1 is 1.53 bits per heavy atom. The second-order valence-corrected chi connectivity index (χ2v) is 4.22. The van der Waals surface area contributed by atoms with Gasteiger partial charge in [-0.2, -0.15) is 0 Å². The zero-order valence-electron chi connectivity index (χ0n) is 8.69. The number of nitrogens with one attached hydrogen (secondary N) is 1. The van der Waals surface area contributed by atoms with Crippen LogP contribution in [-0.2, 0) is 5.75 Å². The largest absolute Gasteiger partial charge is 0.497 e. The molecule has 0 bridgehead atoms. The minimum atomic E-state index is 0.903. The molecule has 1 aliphatic heterocycles. The molecule has 1 N–H and O–H groups in total. The smallest absolute Gasteiger partial charge is 0.157 e. The van der Waals surface area contributed by atoms with E-state index >= 15 is 0 Å². The molecule has 0 radical (unpaired) electrons. The minimum Gasteiger partial charge on any atom is -0.497 e. The van der Waals surface area contributed by atoms with E-state index in [1.54, 1.807) is 18.9 Å². The molecule has 15 heavy (non-hydrogen) atoms. The summed E-state index contributed by atoms with van der Waals surface area (Å²) >= 11 is 1.74. The Balaban J connectivity index is 1.92. The van der Waals surface area contributed by atoms with Gasteiger partial charge < -0.3 is 10.1 Å². The van der Waals surface area contributed by atoms with Gasteiger partial charge in [0.05, 0.1) is 13.7 Å². The van der Waals surface area contributed by atoms with Gasteiger partial charge in [0.15, 0.2) is 5.17 Å². The highest BCUT2D eigenvalue weighted by atomic mass is 32.2. The van der Waals surface area contributed by atoms with Crippen LogP contribution in [0.3, 0.4) is 0 Å². The van der Waals surface area contributed by atoms with Gasteiger partial charge in [0.25, 0.3) is 0 Å². The molecule has 0 atom stereocenters. The van der Waals surface area contributed by atoms with Gasteiger partial charge in [-0.1, -0.05) is 23.9 Å². The summed E-state index contributed by atoms with van der Waals surface area (Å²) in [7, 11) is 1.69. The summed E-state index contributed by atoms with van der Waals surface area (Å²) in [6.07, 6.45) is 0. The molecule has 1 aliphatic rings. The average molecular weight is 222 g/mol. The van der Waals surface area contributed by atoms with Crippen LogP contribution in [0, 0.1) is 0 Å². The van der Waals surface area contributed by atoms with Crippen molar-refractivity contribution < 1.29 is 4.74 Å². The lowest BCUT2D eigenvalue weighted by atomic mass is 10.2. The van der Waals surface area contributed by atoms with Crippen LogP contribution in [0.2, 0.25) is 0 Å². The minimum absolute atomic E-state index is 0.903. The number of aliphatic imine (C=N–C) groups is 1. The number of ether oxygens (including phenoxy) is 1. The first-order valence-corrected chi connectivity index (χ1v) is 5.91. The normalized spacial score (nSPS) is 14.6. The summed E-state index contributed by atoms with van der Waals surface area (Å²) < 4.78 is 5.17. The maximum atomic E-state index is 5.17. The van der Waals surface area contributed by atoms with E-state index in [1.165, 1.54) is 5.56 Å².